The predicted molar refractivity (Wildman–Crippen MR) is 207 cm³/mol. The fraction of sp³-hybridized carbons (Fsp3) is 0. The maximum absolute atomic E-state index is 5.37. The molecule has 0 amide bonds. The Balaban J connectivity index is 1.29. The number of para-hydroxylation sites is 3. The van der Waals surface area contributed by atoms with E-state index in [9.17, 15) is 0 Å². The van der Waals surface area contributed by atoms with Gasteiger partial charge in [0.15, 0.2) is 0 Å². The van der Waals surface area contributed by atoms with Crippen molar-refractivity contribution >= 4 is 43.6 Å². The summed E-state index contributed by atoms with van der Waals surface area (Å²) in [6.45, 7) is 0. The smallest absolute Gasteiger partial charge is 0.235 e. The molecule has 0 saturated carbocycles. The molecule has 4 heteroatoms. The van der Waals surface area contributed by atoms with Crippen LogP contribution in [0.3, 0.4) is 0 Å². The first kappa shape index (κ1) is 28.3. The Morgan fingerprint density at radius 2 is 0.840 bits per heavy atom. The lowest BCUT2D eigenvalue weighted by atomic mass is 10.0. The lowest BCUT2D eigenvalue weighted by molar-refractivity contribution is 0.998. The van der Waals surface area contributed by atoms with Crippen molar-refractivity contribution in [3.8, 4) is 45.3 Å². The van der Waals surface area contributed by atoms with Gasteiger partial charge in [-0.1, -0.05) is 146 Å². The quantitative estimate of drug-likeness (QED) is 0.188. The second kappa shape index (κ2) is 11.4. The van der Waals surface area contributed by atoms with Crippen molar-refractivity contribution in [1.29, 1.82) is 0 Å². The highest BCUT2D eigenvalue weighted by atomic mass is 15.2. The molecule has 0 aliphatic rings. The molecule has 10 aromatic rings. The minimum Gasteiger partial charge on any atom is -0.309 e. The SMILES string of the molecule is c1ccc(-c2ccc(-c3cc(-c4ccccc4)nc(-n4c5ccccc5c5ccc6c(c7ccccc7n6-c6ccccc6)c54)n3)cc2)cc1. The highest BCUT2D eigenvalue weighted by molar-refractivity contribution is 6.26. The molecule has 4 nitrogen and oxygen atoms in total. The number of aromatic nitrogens is 4. The van der Waals surface area contributed by atoms with Gasteiger partial charge in [-0.05, 0) is 47.5 Å². The van der Waals surface area contributed by atoms with Gasteiger partial charge in [-0.2, -0.15) is 0 Å². The van der Waals surface area contributed by atoms with E-state index in [0.717, 1.165) is 50.3 Å². The third-order valence-corrected chi connectivity index (χ3v) is 9.76. The van der Waals surface area contributed by atoms with Gasteiger partial charge < -0.3 is 4.57 Å². The molecule has 0 atom stereocenters. The van der Waals surface area contributed by atoms with E-state index in [2.05, 4.69) is 179 Å². The van der Waals surface area contributed by atoms with Crippen LogP contribution >= 0.6 is 0 Å². The Labute approximate surface area is 289 Å². The second-order valence-electron chi connectivity index (χ2n) is 12.6. The highest BCUT2D eigenvalue weighted by Crippen LogP contribution is 2.42. The minimum absolute atomic E-state index is 0.642. The second-order valence-corrected chi connectivity index (χ2v) is 12.6. The zero-order valence-corrected chi connectivity index (χ0v) is 27.1. The normalized spacial score (nSPS) is 11.6. The summed E-state index contributed by atoms with van der Waals surface area (Å²) in [6, 6.07) is 64.1. The van der Waals surface area contributed by atoms with E-state index in [1.54, 1.807) is 0 Å². The molecule has 0 radical (unpaired) electrons. The van der Waals surface area contributed by atoms with Crippen LogP contribution in [0.2, 0.25) is 0 Å². The van der Waals surface area contributed by atoms with Crippen molar-refractivity contribution in [3.63, 3.8) is 0 Å². The molecular weight excluding hydrogens is 609 g/mol. The van der Waals surface area contributed by atoms with Crippen molar-refractivity contribution in [2.45, 2.75) is 0 Å². The summed E-state index contributed by atoms with van der Waals surface area (Å²) < 4.78 is 4.65. The number of rotatable bonds is 5. The molecule has 0 spiro atoms. The van der Waals surface area contributed by atoms with E-state index >= 15 is 0 Å². The standard InChI is InChI=1S/C46H30N4/c1-4-14-31(15-5-1)32-24-26-34(27-25-32)40-30-39(33-16-6-2-7-17-33)47-46(48-40)50-41-22-12-10-20-36(41)37-28-29-43-44(45(37)50)38-21-11-13-23-42(38)49(43)35-18-8-3-9-19-35/h1-30H. The first-order chi connectivity index (χ1) is 24.8. The van der Waals surface area contributed by atoms with Crippen molar-refractivity contribution in [2.75, 3.05) is 0 Å². The fourth-order valence-corrected chi connectivity index (χ4v) is 7.47. The topological polar surface area (TPSA) is 35.6 Å². The average Bonchev–Trinajstić information content (AvgIpc) is 3.72. The summed E-state index contributed by atoms with van der Waals surface area (Å²) in [6.07, 6.45) is 0. The number of nitrogens with zero attached hydrogens (tertiary/aromatic N) is 4. The molecule has 3 aromatic heterocycles. The van der Waals surface area contributed by atoms with Crippen LogP contribution in [0.4, 0.5) is 0 Å². The minimum atomic E-state index is 0.642. The van der Waals surface area contributed by atoms with Gasteiger partial charge in [0, 0.05) is 38.4 Å². The van der Waals surface area contributed by atoms with Crippen LogP contribution < -0.4 is 0 Å². The number of fused-ring (bicyclic) bond motifs is 7. The van der Waals surface area contributed by atoms with E-state index in [4.69, 9.17) is 9.97 Å². The van der Waals surface area contributed by atoms with Gasteiger partial charge in [0.25, 0.3) is 0 Å². The van der Waals surface area contributed by atoms with Crippen molar-refractivity contribution in [2.24, 2.45) is 0 Å². The van der Waals surface area contributed by atoms with E-state index in [-0.39, 0.29) is 0 Å². The summed E-state index contributed by atoms with van der Waals surface area (Å²) in [5.74, 6) is 0.642. The number of hydrogen-bond acceptors (Lipinski definition) is 2. The Kier molecular flexibility index (Phi) is 6.46. The van der Waals surface area contributed by atoms with Gasteiger partial charge in [-0.15, -0.1) is 0 Å². The predicted octanol–water partition coefficient (Wildman–Crippen LogP) is 11.7. The highest BCUT2D eigenvalue weighted by Gasteiger charge is 2.22. The molecule has 50 heavy (non-hydrogen) atoms. The zero-order chi connectivity index (χ0) is 33.0. The van der Waals surface area contributed by atoms with E-state index in [1.807, 2.05) is 12.1 Å². The van der Waals surface area contributed by atoms with Crippen molar-refractivity contribution < 1.29 is 0 Å². The lowest BCUT2D eigenvalue weighted by Crippen LogP contribution is -2.04. The van der Waals surface area contributed by atoms with Crippen LogP contribution in [0.25, 0.3) is 88.9 Å². The largest absolute Gasteiger partial charge is 0.309 e. The summed E-state index contributed by atoms with van der Waals surface area (Å²) in [5, 5.41) is 4.72. The molecule has 7 aromatic carbocycles. The molecule has 3 heterocycles. The zero-order valence-electron chi connectivity index (χ0n) is 27.1. The van der Waals surface area contributed by atoms with Gasteiger partial charge in [0.2, 0.25) is 5.95 Å². The van der Waals surface area contributed by atoms with Crippen LogP contribution in [0.1, 0.15) is 0 Å². The third kappa shape index (κ3) is 4.46. The average molecular weight is 639 g/mol. The first-order valence-corrected chi connectivity index (χ1v) is 16.9. The Morgan fingerprint density at radius 1 is 0.340 bits per heavy atom. The summed E-state index contributed by atoms with van der Waals surface area (Å²) >= 11 is 0. The number of benzene rings is 7. The van der Waals surface area contributed by atoms with Gasteiger partial charge >= 0.3 is 0 Å². The summed E-state index contributed by atoms with van der Waals surface area (Å²) in [7, 11) is 0. The molecule has 0 fully saturated rings. The van der Waals surface area contributed by atoms with E-state index < -0.39 is 0 Å². The Hall–Kier alpha value is -6.78. The first-order valence-electron chi connectivity index (χ1n) is 16.9. The lowest BCUT2D eigenvalue weighted by Gasteiger charge is -2.13. The monoisotopic (exact) mass is 638 g/mol. The van der Waals surface area contributed by atoms with Crippen LogP contribution in [-0.2, 0) is 0 Å². The Bertz CT molecular complexity index is 2830. The van der Waals surface area contributed by atoms with Gasteiger partial charge in [0.1, 0.15) is 0 Å². The molecule has 0 aliphatic heterocycles. The molecule has 0 saturated heterocycles. The van der Waals surface area contributed by atoms with Crippen LogP contribution in [-0.4, -0.2) is 19.1 Å². The summed E-state index contributed by atoms with van der Waals surface area (Å²) in [5.41, 5.74) is 11.8. The molecule has 0 aliphatic carbocycles. The maximum Gasteiger partial charge on any atom is 0.235 e. The molecule has 10 rings (SSSR count). The van der Waals surface area contributed by atoms with E-state index in [0.29, 0.717) is 5.95 Å². The molecular formula is C46H30N4. The van der Waals surface area contributed by atoms with Crippen LogP contribution in [0.5, 0.6) is 0 Å². The Morgan fingerprint density at radius 3 is 1.52 bits per heavy atom. The van der Waals surface area contributed by atoms with Crippen LogP contribution in [0, 0.1) is 0 Å². The fourth-order valence-electron chi connectivity index (χ4n) is 7.47. The molecule has 234 valence electrons. The summed E-state index contributed by atoms with van der Waals surface area (Å²) in [4.78, 5) is 10.7. The van der Waals surface area contributed by atoms with Gasteiger partial charge in [-0.25, -0.2) is 9.97 Å². The maximum atomic E-state index is 5.37. The van der Waals surface area contributed by atoms with Crippen molar-refractivity contribution in [1.82, 2.24) is 19.1 Å². The third-order valence-electron chi connectivity index (χ3n) is 9.76. The molecule has 0 unspecified atom stereocenters. The number of hydrogen-bond donors (Lipinski definition) is 0. The molecule has 0 N–H and O–H groups in total. The van der Waals surface area contributed by atoms with Gasteiger partial charge in [-0.3, -0.25) is 4.57 Å². The van der Waals surface area contributed by atoms with Gasteiger partial charge in [0.05, 0.1) is 33.5 Å². The molecule has 0 bridgehead atoms. The van der Waals surface area contributed by atoms with E-state index in [1.165, 1.54) is 32.7 Å². The van der Waals surface area contributed by atoms with Crippen LogP contribution in [0.15, 0.2) is 182 Å². The van der Waals surface area contributed by atoms with Crippen molar-refractivity contribution in [3.05, 3.63) is 182 Å².